The number of rotatable bonds is 5. The highest BCUT2D eigenvalue weighted by Crippen LogP contribution is 2.30. The number of nitrogens with zero attached hydrogens (tertiary/aromatic N) is 3. The minimum absolute atomic E-state index is 0.198. The van der Waals surface area contributed by atoms with Crippen LogP contribution in [0.2, 0.25) is 0 Å². The molecule has 5 nitrogen and oxygen atoms in total. The van der Waals surface area contributed by atoms with E-state index in [1.54, 1.807) is 12.4 Å². The summed E-state index contributed by atoms with van der Waals surface area (Å²) in [5.41, 5.74) is 5.83. The van der Waals surface area contributed by atoms with Crippen molar-refractivity contribution in [3.05, 3.63) is 12.4 Å². The molecule has 0 bridgehead atoms. The minimum Gasteiger partial charge on any atom is -0.396 e. The van der Waals surface area contributed by atoms with Gasteiger partial charge in [0.2, 0.25) is 0 Å². The third kappa shape index (κ3) is 2.24. The number of hydrogen-bond donors (Lipinski definition) is 2. The van der Waals surface area contributed by atoms with Gasteiger partial charge in [-0.05, 0) is 25.7 Å². The minimum atomic E-state index is 0.198. The lowest BCUT2D eigenvalue weighted by atomic mass is 9.91. The van der Waals surface area contributed by atoms with Crippen LogP contribution in [-0.4, -0.2) is 34.3 Å². The van der Waals surface area contributed by atoms with Crippen LogP contribution in [0.5, 0.6) is 0 Å². The van der Waals surface area contributed by atoms with Crippen molar-refractivity contribution < 1.29 is 5.11 Å². The van der Waals surface area contributed by atoms with Crippen LogP contribution in [0, 0.1) is 0 Å². The van der Waals surface area contributed by atoms with Gasteiger partial charge in [0.1, 0.15) is 0 Å². The number of aromatic nitrogens is 2. The summed E-state index contributed by atoms with van der Waals surface area (Å²) < 4.78 is 0. The molecule has 0 aliphatic heterocycles. The van der Waals surface area contributed by atoms with Crippen molar-refractivity contribution in [1.82, 2.24) is 9.97 Å². The number of hydrogen-bond acceptors (Lipinski definition) is 5. The van der Waals surface area contributed by atoms with Crippen molar-refractivity contribution in [2.75, 3.05) is 23.8 Å². The molecule has 1 aromatic heterocycles. The largest absolute Gasteiger partial charge is 0.396 e. The van der Waals surface area contributed by atoms with Gasteiger partial charge in [0.25, 0.3) is 0 Å². The Morgan fingerprint density at radius 1 is 1.38 bits per heavy atom. The maximum absolute atomic E-state index is 8.91. The third-order valence-electron chi connectivity index (χ3n) is 3.05. The Morgan fingerprint density at radius 2 is 2.12 bits per heavy atom. The molecule has 0 aromatic carbocycles. The zero-order valence-electron chi connectivity index (χ0n) is 9.34. The first-order valence-corrected chi connectivity index (χ1v) is 5.77. The predicted octanol–water partition coefficient (Wildman–Crippen LogP) is 0.800. The fourth-order valence-corrected chi connectivity index (χ4v) is 1.96. The zero-order valence-corrected chi connectivity index (χ0v) is 9.34. The molecule has 3 N–H and O–H groups in total. The summed E-state index contributed by atoms with van der Waals surface area (Å²) in [7, 11) is 0. The molecule has 1 aliphatic rings. The molecule has 2 rings (SSSR count). The van der Waals surface area contributed by atoms with Gasteiger partial charge in [0.05, 0.1) is 0 Å². The zero-order chi connectivity index (χ0) is 11.4. The number of aliphatic hydroxyl groups excluding tert-OH is 1. The average molecular weight is 222 g/mol. The van der Waals surface area contributed by atoms with Crippen molar-refractivity contribution >= 4 is 11.6 Å². The molecule has 1 aliphatic carbocycles. The Morgan fingerprint density at radius 3 is 2.69 bits per heavy atom. The second-order valence-corrected chi connectivity index (χ2v) is 4.12. The van der Waals surface area contributed by atoms with Crippen molar-refractivity contribution in [2.45, 2.75) is 31.7 Å². The third-order valence-corrected chi connectivity index (χ3v) is 3.05. The molecule has 0 atom stereocenters. The quantitative estimate of drug-likeness (QED) is 0.770. The molecule has 5 heteroatoms. The highest BCUT2D eigenvalue weighted by molar-refractivity contribution is 5.58. The SMILES string of the molecule is Nc1nccnc1N(CCCO)C1CCC1. The molecular formula is C11H18N4O. The molecule has 0 radical (unpaired) electrons. The molecule has 0 spiro atoms. The van der Waals surface area contributed by atoms with E-state index in [2.05, 4.69) is 14.9 Å². The lowest BCUT2D eigenvalue weighted by molar-refractivity contribution is 0.282. The van der Waals surface area contributed by atoms with Crippen LogP contribution in [0.25, 0.3) is 0 Å². The molecular weight excluding hydrogens is 204 g/mol. The lowest BCUT2D eigenvalue weighted by Gasteiger charge is -2.38. The molecule has 1 heterocycles. The van der Waals surface area contributed by atoms with Gasteiger partial charge in [-0.2, -0.15) is 0 Å². The summed E-state index contributed by atoms with van der Waals surface area (Å²) in [6.45, 7) is 0.993. The van der Waals surface area contributed by atoms with E-state index < -0.39 is 0 Å². The van der Waals surface area contributed by atoms with E-state index in [1.807, 2.05) is 0 Å². The van der Waals surface area contributed by atoms with Gasteiger partial charge in [-0.1, -0.05) is 0 Å². The van der Waals surface area contributed by atoms with E-state index >= 15 is 0 Å². The Kier molecular flexibility index (Phi) is 3.56. The molecule has 88 valence electrons. The van der Waals surface area contributed by atoms with Crippen LogP contribution in [-0.2, 0) is 0 Å². The molecule has 1 aromatic rings. The van der Waals surface area contributed by atoms with Gasteiger partial charge >= 0.3 is 0 Å². The summed E-state index contributed by atoms with van der Waals surface area (Å²) in [6.07, 6.45) is 7.63. The second kappa shape index (κ2) is 5.12. The van der Waals surface area contributed by atoms with Crippen LogP contribution in [0.4, 0.5) is 11.6 Å². The first kappa shape index (κ1) is 11.1. The smallest absolute Gasteiger partial charge is 0.171 e. The van der Waals surface area contributed by atoms with E-state index in [0.717, 1.165) is 18.8 Å². The summed E-state index contributed by atoms with van der Waals surface area (Å²) in [5, 5.41) is 8.91. The van der Waals surface area contributed by atoms with E-state index in [0.29, 0.717) is 11.9 Å². The molecule has 1 fully saturated rings. The predicted molar refractivity (Wildman–Crippen MR) is 63.1 cm³/mol. The van der Waals surface area contributed by atoms with Gasteiger partial charge in [0.15, 0.2) is 11.6 Å². The number of nitrogen functional groups attached to an aromatic ring is 1. The first-order valence-electron chi connectivity index (χ1n) is 5.77. The average Bonchev–Trinajstić information content (AvgIpc) is 2.22. The fourth-order valence-electron chi connectivity index (χ4n) is 1.96. The van der Waals surface area contributed by atoms with Gasteiger partial charge in [0, 0.05) is 31.6 Å². The van der Waals surface area contributed by atoms with Crippen molar-refractivity contribution in [3.8, 4) is 0 Å². The van der Waals surface area contributed by atoms with Gasteiger partial charge in [-0.15, -0.1) is 0 Å². The van der Waals surface area contributed by atoms with Crippen LogP contribution < -0.4 is 10.6 Å². The highest BCUT2D eigenvalue weighted by atomic mass is 16.3. The standard InChI is InChI=1S/C11H18N4O/c12-10-11(14-6-5-13-10)15(7-2-8-16)9-3-1-4-9/h5-6,9,16H,1-4,7-8H2,(H2,12,13). The van der Waals surface area contributed by atoms with Crippen LogP contribution in [0.1, 0.15) is 25.7 Å². The van der Waals surface area contributed by atoms with Crippen molar-refractivity contribution in [3.63, 3.8) is 0 Å². The van der Waals surface area contributed by atoms with Crippen molar-refractivity contribution in [1.29, 1.82) is 0 Å². The molecule has 0 saturated heterocycles. The highest BCUT2D eigenvalue weighted by Gasteiger charge is 2.26. The summed E-state index contributed by atoms with van der Waals surface area (Å²) >= 11 is 0. The first-order chi connectivity index (χ1) is 7.83. The normalized spacial score (nSPS) is 15.8. The van der Waals surface area contributed by atoms with E-state index in [1.165, 1.54) is 19.3 Å². The molecule has 0 unspecified atom stereocenters. The van der Waals surface area contributed by atoms with E-state index in [4.69, 9.17) is 10.8 Å². The topological polar surface area (TPSA) is 75.3 Å². The Hall–Kier alpha value is -1.36. The van der Waals surface area contributed by atoms with Gasteiger partial charge < -0.3 is 15.7 Å². The van der Waals surface area contributed by atoms with Crippen LogP contribution in [0.3, 0.4) is 0 Å². The van der Waals surface area contributed by atoms with E-state index in [9.17, 15) is 0 Å². The van der Waals surface area contributed by atoms with Crippen LogP contribution in [0.15, 0.2) is 12.4 Å². The summed E-state index contributed by atoms with van der Waals surface area (Å²) in [6, 6.07) is 0.519. The monoisotopic (exact) mass is 222 g/mol. The van der Waals surface area contributed by atoms with Gasteiger partial charge in [-0.25, -0.2) is 9.97 Å². The second-order valence-electron chi connectivity index (χ2n) is 4.12. The van der Waals surface area contributed by atoms with Gasteiger partial charge in [-0.3, -0.25) is 0 Å². The lowest BCUT2D eigenvalue weighted by Crippen LogP contribution is -2.42. The Labute approximate surface area is 95.3 Å². The number of aliphatic hydroxyl groups is 1. The van der Waals surface area contributed by atoms with Crippen molar-refractivity contribution in [2.24, 2.45) is 0 Å². The summed E-state index contributed by atoms with van der Waals surface area (Å²) in [5.74, 6) is 1.24. The summed E-state index contributed by atoms with van der Waals surface area (Å²) in [4.78, 5) is 10.5. The molecule has 16 heavy (non-hydrogen) atoms. The fraction of sp³-hybridized carbons (Fsp3) is 0.636. The van der Waals surface area contributed by atoms with Crippen LogP contribution >= 0.6 is 0 Å². The number of nitrogens with two attached hydrogens (primary N) is 1. The maximum atomic E-state index is 8.91. The molecule has 1 saturated carbocycles. The maximum Gasteiger partial charge on any atom is 0.171 e. The molecule has 0 amide bonds. The number of anilines is 2. The Bertz CT molecular complexity index is 341. The van der Waals surface area contributed by atoms with E-state index in [-0.39, 0.29) is 6.61 Å². The Balaban J connectivity index is 2.13.